The first-order chi connectivity index (χ1) is 5.89. The van der Waals surface area contributed by atoms with Crippen molar-refractivity contribution < 1.29 is 66.6 Å². The molecule has 0 radical (unpaired) electrons. The van der Waals surface area contributed by atoms with Crippen LogP contribution in [-0.4, -0.2) is 34.5 Å². The molecule has 0 aromatic carbocycles. The Morgan fingerprint density at radius 3 is 0.800 bits per heavy atom. The van der Waals surface area contributed by atoms with Crippen molar-refractivity contribution in [3.63, 3.8) is 0 Å². The van der Waals surface area contributed by atoms with Crippen LogP contribution in [0.2, 0.25) is 0 Å². The summed E-state index contributed by atoms with van der Waals surface area (Å²) in [6.07, 6.45) is -10.2. The molecule has 0 aliphatic rings. The van der Waals surface area contributed by atoms with Gasteiger partial charge in [0.25, 0.3) is 0 Å². The van der Waals surface area contributed by atoms with Crippen molar-refractivity contribution in [1.82, 2.24) is 0 Å². The van der Waals surface area contributed by atoms with Crippen molar-refractivity contribution in [3.05, 3.63) is 0 Å². The van der Waals surface area contributed by atoms with E-state index in [1.165, 1.54) is 0 Å². The summed E-state index contributed by atoms with van der Waals surface area (Å²) in [5.74, 6) is -5.51. The summed E-state index contributed by atoms with van der Waals surface area (Å²) in [5, 5.41) is 14.2. The van der Waals surface area contributed by atoms with Gasteiger partial charge in [-0.2, -0.15) is 26.3 Å². The van der Waals surface area contributed by atoms with Crippen LogP contribution in [0.3, 0.4) is 0 Å². The van der Waals surface area contributed by atoms with E-state index in [0.717, 1.165) is 0 Å². The molecule has 0 saturated carbocycles. The van der Waals surface area contributed by atoms with E-state index in [4.69, 9.17) is 19.8 Å². The first-order valence-electron chi connectivity index (χ1n) is 2.49. The number of halogens is 6. The molecular weight excluding hydrogens is 332 g/mol. The van der Waals surface area contributed by atoms with Gasteiger partial charge in [0, 0.05) is 20.4 Å². The Morgan fingerprint density at radius 2 is 0.800 bits per heavy atom. The maximum Gasteiger partial charge on any atom is 0.490 e. The third-order valence-electron chi connectivity index (χ3n) is 0.485. The predicted molar refractivity (Wildman–Crippen MR) is 27.4 cm³/mol. The Morgan fingerprint density at radius 1 is 0.733 bits per heavy atom. The SMILES string of the molecule is O=C(O)C(F)(F)F.O=C(O)C(F)(F)F.[Pd]. The maximum absolute atomic E-state index is 10.6. The van der Waals surface area contributed by atoms with Gasteiger partial charge in [-0.15, -0.1) is 0 Å². The van der Waals surface area contributed by atoms with Crippen molar-refractivity contribution in [3.8, 4) is 0 Å². The summed E-state index contributed by atoms with van der Waals surface area (Å²) in [7, 11) is 0. The number of hydrogen-bond donors (Lipinski definition) is 2. The number of aliphatic carboxylic acids is 2. The van der Waals surface area contributed by atoms with E-state index in [1.807, 2.05) is 0 Å². The van der Waals surface area contributed by atoms with Crippen LogP contribution in [0, 0.1) is 0 Å². The van der Waals surface area contributed by atoms with Crippen molar-refractivity contribution in [2.24, 2.45) is 0 Å². The van der Waals surface area contributed by atoms with E-state index in [0.29, 0.717) is 0 Å². The van der Waals surface area contributed by atoms with Gasteiger partial charge >= 0.3 is 24.3 Å². The average molecular weight is 334 g/mol. The number of carboxylic acids is 2. The van der Waals surface area contributed by atoms with E-state index in [-0.39, 0.29) is 20.4 Å². The summed E-state index contributed by atoms with van der Waals surface area (Å²) in [6, 6.07) is 0. The van der Waals surface area contributed by atoms with Gasteiger partial charge in [-0.25, -0.2) is 9.59 Å². The van der Waals surface area contributed by atoms with Crippen LogP contribution in [0.1, 0.15) is 0 Å². The van der Waals surface area contributed by atoms with Gasteiger partial charge in [-0.1, -0.05) is 0 Å². The largest absolute Gasteiger partial charge is 0.490 e. The number of carboxylic acid groups (broad SMARTS) is 2. The summed E-state index contributed by atoms with van der Waals surface area (Å²) in [5.41, 5.74) is 0. The summed E-state index contributed by atoms with van der Waals surface area (Å²) in [6.45, 7) is 0. The topological polar surface area (TPSA) is 74.6 Å². The maximum atomic E-state index is 10.6. The van der Waals surface area contributed by atoms with Crippen LogP contribution in [0.15, 0.2) is 0 Å². The second-order valence-corrected chi connectivity index (χ2v) is 1.61. The van der Waals surface area contributed by atoms with Crippen molar-refractivity contribution >= 4 is 11.9 Å². The van der Waals surface area contributed by atoms with Gasteiger partial charge in [0.1, 0.15) is 0 Å². The zero-order valence-corrected chi connectivity index (χ0v) is 7.85. The zero-order valence-electron chi connectivity index (χ0n) is 6.29. The smallest absolute Gasteiger partial charge is 0.475 e. The molecule has 94 valence electrons. The molecule has 15 heavy (non-hydrogen) atoms. The fraction of sp³-hybridized carbons (Fsp3) is 0.500. The van der Waals surface area contributed by atoms with Gasteiger partial charge in [0.15, 0.2) is 0 Å². The van der Waals surface area contributed by atoms with E-state index >= 15 is 0 Å². The second kappa shape index (κ2) is 6.63. The first-order valence-corrected chi connectivity index (χ1v) is 2.49. The standard InChI is InChI=1S/2C2HF3O2.Pd/c2*3-2(4,5)1(6)7;/h2*(H,6,7);. The average Bonchev–Trinajstić information content (AvgIpc) is 1.83. The monoisotopic (exact) mass is 334 g/mol. The third-order valence-corrected chi connectivity index (χ3v) is 0.485. The van der Waals surface area contributed by atoms with E-state index in [2.05, 4.69) is 0 Å². The molecule has 0 fully saturated rings. The van der Waals surface area contributed by atoms with Gasteiger partial charge in [-0.3, -0.25) is 0 Å². The molecule has 0 aromatic rings. The number of rotatable bonds is 0. The molecule has 4 nitrogen and oxygen atoms in total. The number of hydrogen-bond acceptors (Lipinski definition) is 2. The third kappa shape index (κ3) is 13.2. The molecule has 0 unspecified atom stereocenters. The Hall–Kier alpha value is -0.818. The molecule has 11 heteroatoms. The molecule has 0 aromatic heterocycles. The fourth-order valence-electron chi connectivity index (χ4n) is 0. The Kier molecular flexibility index (Phi) is 8.71. The molecule has 2 N–H and O–H groups in total. The van der Waals surface area contributed by atoms with Gasteiger partial charge in [0.05, 0.1) is 0 Å². The van der Waals surface area contributed by atoms with E-state index < -0.39 is 24.3 Å². The summed E-state index contributed by atoms with van der Waals surface area (Å²) in [4.78, 5) is 17.8. The molecule has 0 amide bonds. The van der Waals surface area contributed by atoms with Crippen LogP contribution in [0.25, 0.3) is 0 Å². The first kappa shape index (κ1) is 19.7. The zero-order chi connectivity index (χ0) is 12.2. The van der Waals surface area contributed by atoms with Gasteiger partial charge < -0.3 is 10.2 Å². The molecule has 0 saturated heterocycles. The Labute approximate surface area is 91.5 Å². The van der Waals surface area contributed by atoms with Crippen LogP contribution in [0.5, 0.6) is 0 Å². The molecule has 0 aliphatic heterocycles. The Balaban J connectivity index is -0.000000180. The molecule has 0 spiro atoms. The van der Waals surface area contributed by atoms with Crippen molar-refractivity contribution in [2.75, 3.05) is 0 Å². The molecule has 0 bridgehead atoms. The second-order valence-electron chi connectivity index (χ2n) is 1.61. The van der Waals surface area contributed by atoms with Crippen LogP contribution < -0.4 is 0 Å². The van der Waals surface area contributed by atoms with Crippen LogP contribution in [-0.2, 0) is 30.0 Å². The minimum Gasteiger partial charge on any atom is -0.475 e. The van der Waals surface area contributed by atoms with Crippen LogP contribution >= 0.6 is 0 Å². The minimum atomic E-state index is -5.08. The normalized spacial score (nSPS) is 10.5. The molecule has 0 aliphatic carbocycles. The van der Waals surface area contributed by atoms with Crippen LogP contribution in [0.4, 0.5) is 26.3 Å². The predicted octanol–water partition coefficient (Wildman–Crippen LogP) is 1.26. The summed E-state index contributed by atoms with van der Waals surface area (Å²) >= 11 is 0. The van der Waals surface area contributed by atoms with Gasteiger partial charge in [-0.05, 0) is 0 Å². The molecule has 0 atom stereocenters. The Bertz CT molecular complexity index is 196. The molecular formula is C4H2F6O4Pd. The van der Waals surface area contributed by atoms with Crippen molar-refractivity contribution in [1.29, 1.82) is 0 Å². The fourth-order valence-corrected chi connectivity index (χ4v) is 0. The van der Waals surface area contributed by atoms with Gasteiger partial charge in [0.2, 0.25) is 0 Å². The van der Waals surface area contributed by atoms with E-state index in [9.17, 15) is 26.3 Å². The molecule has 0 rings (SSSR count). The van der Waals surface area contributed by atoms with Crippen molar-refractivity contribution in [2.45, 2.75) is 12.4 Å². The quantitative estimate of drug-likeness (QED) is 0.517. The number of carbonyl (C=O) groups is 2. The number of alkyl halides is 6. The minimum absolute atomic E-state index is 0. The molecule has 0 heterocycles. The van der Waals surface area contributed by atoms with E-state index in [1.54, 1.807) is 0 Å². The summed E-state index contributed by atoms with van der Waals surface area (Å²) < 4.78 is 63.5.